The summed E-state index contributed by atoms with van der Waals surface area (Å²) < 4.78 is 5.73. The smallest absolute Gasteiger partial charge is 0.156 e. The molecule has 0 aliphatic carbocycles. The second kappa shape index (κ2) is 5.97. The molecule has 0 bridgehead atoms. The minimum absolute atomic E-state index is 0.407. The molecule has 0 spiro atoms. The van der Waals surface area contributed by atoms with Crippen LogP contribution in [0, 0.1) is 0 Å². The topological polar surface area (TPSA) is 47.0 Å². The molecule has 1 aromatic carbocycles. The average Bonchev–Trinajstić information content (AvgIpc) is 2.49. The lowest BCUT2D eigenvalue weighted by molar-refractivity contribution is 0.0134. The second-order valence-electron chi connectivity index (χ2n) is 4.98. The van der Waals surface area contributed by atoms with Crippen LogP contribution in [0.15, 0.2) is 30.5 Å². The summed E-state index contributed by atoms with van der Waals surface area (Å²) in [5.74, 6) is 0.869. The van der Waals surface area contributed by atoms with Crippen LogP contribution in [-0.4, -0.2) is 29.5 Å². The summed E-state index contributed by atoms with van der Waals surface area (Å²) in [4.78, 5) is 0. The summed E-state index contributed by atoms with van der Waals surface area (Å²) in [5, 5.41) is 13.8. The molecule has 0 radical (unpaired) electrons. The molecule has 1 aromatic heterocycles. The van der Waals surface area contributed by atoms with E-state index in [1.54, 1.807) is 6.20 Å². The Bertz CT molecular complexity index is 532. The Morgan fingerprint density at radius 1 is 1.26 bits per heavy atom. The van der Waals surface area contributed by atoms with E-state index in [0.717, 1.165) is 36.2 Å². The van der Waals surface area contributed by atoms with Crippen molar-refractivity contribution in [3.05, 3.63) is 30.5 Å². The minimum Gasteiger partial charge on any atom is -0.378 e. The molecule has 2 heterocycles. The third kappa shape index (κ3) is 3.01. The van der Waals surface area contributed by atoms with Crippen molar-refractivity contribution in [2.24, 2.45) is 0 Å². The van der Waals surface area contributed by atoms with Gasteiger partial charge in [-0.1, -0.05) is 24.3 Å². The van der Waals surface area contributed by atoms with Crippen LogP contribution >= 0.6 is 0 Å². The molecule has 4 heteroatoms. The molecule has 1 fully saturated rings. The van der Waals surface area contributed by atoms with Gasteiger partial charge >= 0.3 is 0 Å². The fourth-order valence-electron chi connectivity index (χ4n) is 2.55. The quantitative estimate of drug-likeness (QED) is 0.914. The number of nitrogens with one attached hydrogen (secondary N) is 1. The summed E-state index contributed by atoms with van der Waals surface area (Å²) in [6.07, 6.45) is 6.92. The van der Waals surface area contributed by atoms with Crippen LogP contribution in [0.1, 0.15) is 25.7 Å². The molecule has 4 nitrogen and oxygen atoms in total. The van der Waals surface area contributed by atoms with E-state index in [1.807, 2.05) is 12.1 Å². The first kappa shape index (κ1) is 12.4. The molecule has 100 valence electrons. The highest BCUT2D eigenvalue weighted by Crippen LogP contribution is 2.20. The fourth-order valence-corrected chi connectivity index (χ4v) is 2.55. The molecular weight excluding hydrogens is 238 g/mol. The van der Waals surface area contributed by atoms with Gasteiger partial charge in [-0.15, -0.1) is 5.10 Å². The van der Waals surface area contributed by atoms with E-state index in [2.05, 4.69) is 27.6 Å². The predicted molar refractivity (Wildman–Crippen MR) is 76.2 cm³/mol. The van der Waals surface area contributed by atoms with E-state index in [-0.39, 0.29) is 0 Å². The van der Waals surface area contributed by atoms with Gasteiger partial charge in [-0.25, -0.2) is 0 Å². The number of hydrogen-bond acceptors (Lipinski definition) is 4. The van der Waals surface area contributed by atoms with Crippen molar-refractivity contribution in [3.8, 4) is 0 Å². The molecule has 1 saturated heterocycles. The summed E-state index contributed by atoms with van der Waals surface area (Å²) in [5.41, 5.74) is 0. The highest BCUT2D eigenvalue weighted by atomic mass is 16.5. The fraction of sp³-hybridized carbons (Fsp3) is 0.467. The highest BCUT2D eigenvalue weighted by molar-refractivity contribution is 5.90. The van der Waals surface area contributed by atoms with Crippen molar-refractivity contribution in [2.75, 3.05) is 18.5 Å². The zero-order valence-electron chi connectivity index (χ0n) is 11.0. The third-order valence-corrected chi connectivity index (χ3v) is 3.60. The van der Waals surface area contributed by atoms with Gasteiger partial charge in [-0.05, 0) is 25.7 Å². The number of benzene rings is 1. The molecule has 19 heavy (non-hydrogen) atoms. The van der Waals surface area contributed by atoms with Crippen LogP contribution in [0.5, 0.6) is 0 Å². The van der Waals surface area contributed by atoms with Gasteiger partial charge in [0.15, 0.2) is 5.82 Å². The van der Waals surface area contributed by atoms with Gasteiger partial charge in [-0.3, -0.25) is 0 Å². The van der Waals surface area contributed by atoms with Crippen molar-refractivity contribution in [3.63, 3.8) is 0 Å². The van der Waals surface area contributed by atoms with Gasteiger partial charge in [0.1, 0.15) is 0 Å². The standard InChI is InChI=1S/C15H19N3O/c1-2-7-14-12(5-1)11-17-18-15(14)16-9-8-13-6-3-4-10-19-13/h1-2,5,7,11,13H,3-4,6,8-10H2,(H,16,18). The average molecular weight is 257 g/mol. The predicted octanol–water partition coefficient (Wildman–Crippen LogP) is 3.00. The Morgan fingerprint density at radius 3 is 3.11 bits per heavy atom. The Morgan fingerprint density at radius 2 is 2.21 bits per heavy atom. The zero-order valence-corrected chi connectivity index (χ0v) is 11.0. The minimum atomic E-state index is 0.407. The number of aromatic nitrogens is 2. The molecular formula is C15H19N3O. The van der Waals surface area contributed by atoms with Crippen molar-refractivity contribution < 1.29 is 4.74 Å². The lowest BCUT2D eigenvalue weighted by atomic mass is 10.1. The Hall–Kier alpha value is -1.68. The van der Waals surface area contributed by atoms with Crippen LogP contribution in [0.3, 0.4) is 0 Å². The van der Waals surface area contributed by atoms with E-state index in [1.165, 1.54) is 19.3 Å². The number of anilines is 1. The molecule has 0 saturated carbocycles. The number of fused-ring (bicyclic) bond motifs is 1. The van der Waals surface area contributed by atoms with E-state index in [4.69, 9.17) is 4.74 Å². The van der Waals surface area contributed by atoms with Gasteiger partial charge in [0.05, 0.1) is 12.3 Å². The van der Waals surface area contributed by atoms with Gasteiger partial charge in [0.25, 0.3) is 0 Å². The maximum Gasteiger partial charge on any atom is 0.156 e. The Balaban J connectivity index is 1.62. The molecule has 1 aliphatic heterocycles. The normalized spacial score (nSPS) is 19.5. The zero-order chi connectivity index (χ0) is 12.9. The SMILES string of the molecule is c1ccc2c(NCCC3CCCCO3)nncc2c1. The van der Waals surface area contributed by atoms with Crippen LogP contribution in [0.25, 0.3) is 10.8 Å². The molecule has 1 atom stereocenters. The first-order chi connectivity index (χ1) is 9.43. The first-order valence-corrected chi connectivity index (χ1v) is 6.99. The first-order valence-electron chi connectivity index (χ1n) is 6.99. The van der Waals surface area contributed by atoms with Crippen molar-refractivity contribution in [2.45, 2.75) is 31.8 Å². The lowest BCUT2D eigenvalue weighted by Crippen LogP contribution is -2.22. The molecule has 2 aromatic rings. The highest BCUT2D eigenvalue weighted by Gasteiger charge is 2.13. The second-order valence-corrected chi connectivity index (χ2v) is 4.98. The number of hydrogen-bond donors (Lipinski definition) is 1. The van der Waals surface area contributed by atoms with E-state index < -0.39 is 0 Å². The van der Waals surface area contributed by atoms with E-state index >= 15 is 0 Å². The van der Waals surface area contributed by atoms with E-state index in [0.29, 0.717) is 6.10 Å². The summed E-state index contributed by atoms with van der Waals surface area (Å²) in [6, 6.07) is 8.17. The Kier molecular flexibility index (Phi) is 3.89. The van der Waals surface area contributed by atoms with Crippen LogP contribution in [-0.2, 0) is 4.74 Å². The van der Waals surface area contributed by atoms with Crippen molar-refractivity contribution >= 4 is 16.6 Å². The van der Waals surface area contributed by atoms with Gasteiger partial charge < -0.3 is 10.1 Å². The number of ether oxygens (including phenoxy) is 1. The molecule has 1 N–H and O–H groups in total. The number of nitrogens with zero attached hydrogens (tertiary/aromatic N) is 2. The van der Waals surface area contributed by atoms with Crippen molar-refractivity contribution in [1.82, 2.24) is 10.2 Å². The van der Waals surface area contributed by atoms with Gasteiger partial charge in [0.2, 0.25) is 0 Å². The van der Waals surface area contributed by atoms with Gasteiger partial charge in [0, 0.05) is 23.9 Å². The van der Waals surface area contributed by atoms with Crippen LogP contribution in [0.2, 0.25) is 0 Å². The van der Waals surface area contributed by atoms with Gasteiger partial charge in [-0.2, -0.15) is 5.10 Å². The Labute approximate surface area is 113 Å². The third-order valence-electron chi connectivity index (χ3n) is 3.60. The molecule has 3 rings (SSSR count). The molecule has 1 aliphatic rings. The summed E-state index contributed by atoms with van der Waals surface area (Å²) >= 11 is 0. The van der Waals surface area contributed by atoms with Crippen molar-refractivity contribution in [1.29, 1.82) is 0 Å². The number of rotatable bonds is 4. The molecule has 1 unspecified atom stereocenters. The van der Waals surface area contributed by atoms with E-state index in [9.17, 15) is 0 Å². The van der Waals surface area contributed by atoms with Crippen LogP contribution in [0.4, 0.5) is 5.82 Å². The maximum atomic E-state index is 5.73. The summed E-state index contributed by atoms with van der Waals surface area (Å²) in [7, 11) is 0. The maximum absolute atomic E-state index is 5.73. The monoisotopic (exact) mass is 257 g/mol. The largest absolute Gasteiger partial charge is 0.378 e. The lowest BCUT2D eigenvalue weighted by Gasteiger charge is -2.22. The van der Waals surface area contributed by atoms with Crippen LogP contribution < -0.4 is 5.32 Å². The molecule has 0 amide bonds. The summed E-state index contributed by atoms with van der Waals surface area (Å²) in [6.45, 7) is 1.80.